The summed E-state index contributed by atoms with van der Waals surface area (Å²) in [6.07, 6.45) is 3.32. The largest absolute Gasteiger partial charge is 0.484 e. The average molecular weight is 407 g/mol. The number of carbonyl (C=O) groups is 2. The van der Waals surface area contributed by atoms with Gasteiger partial charge >= 0.3 is 0 Å². The Morgan fingerprint density at radius 1 is 1.10 bits per heavy atom. The zero-order chi connectivity index (χ0) is 20.4. The molecule has 4 rings (SSSR count). The Bertz CT molecular complexity index is 1070. The number of hydrogen-bond donors (Lipinski definition) is 2. The van der Waals surface area contributed by atoms with Crippen LogP contribution in [0, 0.1) is 6.92 Å². The second-order valence-corrected chi connectivity index (χ2v) is 8.31. The van der Waals surface area contributed by atoms with Gasteiger partial charge in [-0.2, -0.15) is 0 Å². The van der Waals surface area contributed by atoms with Crippen molar-refractivity contribution >= 4 is 28.2 Å². The quantitative estimate of drug-likeness (QED) is 0.639. The van der Waals surface area contributed by atoms with Crippen LogP contribution in [0.3, 0.4) is 0 Å². The van der Waals surface area contributed by atoms with Crippen LogP contribution in [0.25, 0.3) is 11.1 Å². The molecule has 1 heterocycles. The first-order chi connectivity index (χ1) is 14.0. The lowest BCUT2D eigenvalue weighted by Crippen LogP contribution is -2.22. The predicted octanol–water partition coefficient (Wildman–Crippen LogP) is 4.33. The van der Waals surface area contributed by atoms with Gasteiger partial charge in [-0.3, -0.25) is 9.59 Å². The second kappa shape index (κ2) is 8.09. The van der Waals surface area contributed by atoms with E-state index in [2.05, 4.69) is 11.4 Å². The Labute approximate surface area is 173 Å². The Morgan fingerprint density at radius 2 is 1.86 bits per heavy atom. The molecule has 1 aromatic heterocycles. The van der Waals surface area contributed by atoms with Crippen LogP contribution in [0.4, 0.5) is 5.00 Å². The maximum Gasteiger partial charge on any atom is 0.262 e. The lowest BCUT2D eigenvalue weighted by molar-refractivity contribution is -0.118. The number of carbonyl (C=O) groups excluding carboxylic acids is 2. The molecule has 3 N–H and O–H groups in total. The van der Waals surface area contributed by atoms with Crippen molar-refractivity contribution in [3.05, 3.63) is 70.1 Å². The smallest absolute Gasteiger partial charge is 0.262 e. The van der Waals surface area contributed by atoms with Crippen molar-refractivity contribution in [2.45, 2.75) is 26.2 Å². The molecule has 1 aliphatic rings. The molecule has 0 atom stereocenters. The minimum Gasteiger partial charge on any atom is -0.484 e. The van der Waals surface area contributed by atoms with Crippen LogP contribution in [0.15, 0.2) is 48.5 Å². The van der Waals surface area contributed by atoms with Gasteiger partial charge in [0, 0.05) is 10.4 Å². The van der Waals surface area contributed by atoms with E-state index >= 15 is 0 Å². The second-order valence-electron chi connectivity index (χ2n) is 7.09. The first-order valence-corrected chi connectivity index (χ1v) is 10.4. The highest BCUT2D eigenvalue weighted by atomic mass is 32.1. The average Bonchev–Trinajstić information content (AvgIpc) is 3.30. The van der Waals surface area contributed by atoms with Gasteiger partial charge in [0.05, 0.1) is 5.56 Å². The Kier molecular flexibility index (Phi) is 5.36. The molecule has 0 aliphatic heterocycles. The van der Waals surface area contributed by atoms with Crippen LogP contribution in [0.1, 0.15) is 32.8 Å². The Hall–Kier alpha value is -3.12. The van der Waals surface area contributed by atoms with Gasteiger partial charge in [-0.1, -0.05) is 36.4 Å². The number of primary amides is 1. The monoisotopic (exact) mass is 406 g/mol. The van der Waals surface area contributed by atoms with E-state index in [1.807, 2.05) is 49.4 Å². The van der Waals surface area contributed by atoms with E-state index < -0.39 is 5.91 Å². The summed E-state index contributed by atoms with van der Waals surface area (Å²) in [5.41, 5.74) is 10.3. The maximum absolute atomic E-state index is 12.5. The van der Waals surface area contributed by atoms with Gasteiger partial charge in [0.25, 0.3) is 11.8 Å². The summed E-state index contributed by atoms with van der Waals surface area (Å²) < 4.78 is 5.66. The lowest BCUT2D eigenvalue weighted by Gasteiger charge is -2.09. The zero-order valence-corrected chi connectivity index (χ0v) is 17.0. The molecule has 2 aromatic carbocycles. The van der Waals surface area contributed by atoms with Crippen LogP contribution in [0.5, 0.6) is 5.75 Å². The highest BCUT2D eigenvalue weighted by molar-refractivity contribution is 7.17. The minimum absolute atomic E-state index is 0.130. The molecule has 0 bridgehead atoms. The Balaban J connectivity index is 1.50. The molecule has 0 saturated heterocycles. The molecule has 5 nitrogen and oxygen atoms in total. The van der Waals surface area contributed by atoms with Gasteiger partial charge in [0.15, 0.2) is 6.61 Å². The molecular weight excluding hydrogens is 384 g/mol. The number of fused-ring (bicyclic) bond motifs is 1. The van der Waals surface area contributed by atoms with Gasteiger partial charge in [-0.15, -0.1) is 11.3 Å². The summed E-state index contributed by atoms with van der Waals surface area (Å²) in [6.45, 7) is 1.78. The summed E-state index contributed by atoms with van der Waals surface area (Å²) in [5.74, 6) is -0.208. The number of thiophene rings is 1. The molecule has 0 saturated carbocycles. The van der Waals surface area contributed by atoms with Gasteiger partial charge in [-0.25, -0.2) is 0 Å². The molecule has 0 spiro atoms. The fourth-order valence-electron chi connectivity index (χ4n) is 3.77. The summed E-state index contributed by atoms with van der Waals surface area (Å²) in [6, 6.07) is 15.5. The number of rotatable bonds is 6. The third-order valence-corrected chi connectivity index (χ3v) is 6.11. The lowest BCUT2D eigenvalue weighted by atomic mass is 10.0. The van der Waals surface area contributed by atoms with Crippen molar-refractivity contribution in [1.29, 1.82) is 0 Å². The minimum atomic E-state index is -0.567. The molecule has 148 valence electrons. The van der Waals surface area contributed by atoms with Crippen molar-refractivity contribution in [2.24, 2.45) is 5.73 Å². The Morgan fingerprint density at radius 3 is 2.62 bits per heavy atom. The first-order valence-electron chi connectivity index (χ1n) is 9.56. The molecule has 3 aromatic rings. The number of ether oxygens (including phenoxy) is 1. The van der Waals surface area contributed by atoms with Crippen LogP contribution < -0.4 is 15.8 Å². The summed E-state index contributed by atoms with van der Waals surface area (Å²) in [7, 11) is 0. The summed E-state index contributed by atoms with van der Waals surface area (Å²) in [4.78, 5) is 25.5. The number of nitrogens with two attached hydrogens (primary N) is 1. The SMILES string of the molecule is Cc1sc(NC(=O)COc2ccc3c(c2)CCC3)c(C(N)=O)c1-c1ccccc1. The fourth-order valence-corrected chi connectivity index (χ4v) is 4.87. The maximum atomic E-state index is 12.5. The van der Waals surface area contributed by atoms with Crippen LogP contribution in [-0.4, -0.2) is 18.4 Å². The van der Waals surface area contributed by atoms with Crippen molar-refractivity contribution in [3.8, 4) is 16.9 Å². The molecule has 0 unspecified atom stereocenters. The summed E-state index contributed by atoms with van der Waals surface area (Å²) >= 11 is 1.34. The fraction of sp³-hybridized carbons (Fsp3) is 0.217. The van der Waals surface area contributed by atoms with Crippen molar-refractivity contribution in [2.75, 3.05) is 11.9 Å². The highest BCUT2D eigenvalue weighted by Gasteiger charge is 2.23. The van der Waals surface area contributed by atoms with Crippen LogP contribution in [0.2, 0.25) is 0 Å². The number of benzene rings is 2. The van der Waals surface area contributed by atoms with E-state index in [4.69, 9.17) is 10.5 Å². The van der Waals surface area contributed by atoms with Crippen molar-refractivity contribution < 1.29 is 14.3 Å². The van der Waals surface area contributed by atoms with Crippen molar-refractivity contribution in [3.63, 3.8) is 0 Å². The number of hydrogen-bond acceptors (Lipinski definition) is 4. The van der Waals surface area contributed by atoms with Gasteiger partial charge < -0.3 is 15.8 Å². The number of aryl methyl sites for hydroxylation is 3. The molecule has 1 aliphatic carbocycles. The van der Waals surface area contributed by atoms with Crippen LogP contribution >= 0.6 is 11.3 Å². The molecular formula is C23H22N2O3S. The molecule has 6 heteroatoms. The highest BCUT2D eigenvalue weighted by Crippen LogP contribution is 2.39. The van der Waals surface area contributed by atoms with E-state index in [1.165, 1.54) is 22.5 Å². The van der Waals surface area contributed by atoms with Gasteiger partial charge in [0.2, 0.25) is 0 Å². The van der Waals surface area contributed by atoms with E-state index in [-0.39, 0.29) is 12.5 Å². The molecule has 2 amide bonds. The third kappa shape index (κ3) is 4.03. The molecule has 0 radical (unpaired) electrons. The van der Waals surface area contributed by atoms with Crippen LogP contribution in [-0.2, 0) is 17.6 Å². The van der Waals surface area contributed by atoms with E-state index in [0.717, 1.165) is 35.3 Å². The van der Waals surface area contributed by atoms with E-state index in [0.29, 0.717) is 16.3 Å². The van der Waals surface area contributed by atoms with E-state index in [1.54, 1.807) is 0 Å². The third-order valence-electron chi connectivity index (χ3n) is 5.09. The zero-order valence-electron chi connectivity index (χ0n) is 16.2. The number of amides is 2. The number of nitrogens with one attached hydrogen (secondary N) is 1. The van der Waals surface area contributed by atoms with Gasteiger partial charge in [0.1, 0.15) is 10.8 Å². The normalized spacial score (nSPS) is 12.4. The standard InChI is InChI=1S/C23H22N2O3S/c1-14-20(16-6-3-2-4-7-16)21(22(24)27)23(29-14)25-19(26)13-28-18-11-10-15-8-5-9-17(15)12-18/h2-4,6-7,10-12H,5,8-9,13H2,1H3,(H2,24,27)(H,25,26). The predicted molar refractivity (Wildman–Crippen MR) is 116 cm³/mol. The van der Waals surface area contributed by atoms with Gasteiger partial charge in [-0.05, 0) is 55.0 Å². The molecule has 0 fully saturated rings. The first kappa shape index (κ1) is 19.2. The number of anilines is 1. The topological polar surface area (TPSA) is 81.4 Å². The van der Waals surface area contributed by atoms with E-state index in [9.17, 15) is 9.59 Å². The molecule has 29 heavy (non-hydrogen) atoms. The van der Waals surface area contributed by atoms with Crippen molar-refractivity contribution in [1.82, 2.24) is 0 Å². The summed E-state index contributed by atoms with van der Waals surface area (Å²) in [5, 5.41) is 3.25.